The zero-order chi connectivity index (χ0) is 35.5. The summed E-state index contributed by atoms with van der Waals surface area (Å²) in [7, 11) is 0. The molecular weight excluding hydrogens is 631 g/mol. The van der Waals surface area contributed by atoms with Crippen LogP contribution in [0.15, 0.2) is 164 Å². The summed E-state index contributed by atoms with van der Waals surface area (Å²) in [5, 5.41) is 2.25. The van der Waals surface area contributed by atoms with Gasteiger partial charge in [-0.05, 0) is 84.3 Å². The summed E-state index contributed by atoms with van der Waals surface area (Å²) < 4.78 is 0. The Labute approximate surface area is 305 Å². The number of aromatic nitrogens is 3. The maximum atomic E-state index is 5.14. The van der Waals surface area contributed by atoms with Gasteiger partial charge in [-0.2, -0.15) is 0 Å². The van der Waals surface area contributed by atoms with Gasteiger partial charge in [-0.15, -0.1) is 0 Å². The second-order valence-electron chi connectivity index (χ2n) is 14.9. The zero-order valence-electron chi connectivity index (χ0n) is 29.9. The molecule has 0 radical (unpaired) electrons. The number of nitrogens with zero attached hydrogens (tertiary/aromatic N) is 3. The van der Waals surface area contributed by atoms with E-state index in [1.54, 1.807) is 0 Å². The summed E-state index contributed by atoms with van der Waals surface area (Å²) in [6, 6.07) is 58.2. The van der Waals surface area contributed by atoms with Crippen molar-refractivity contribution in [1.29, 1.82) is 0 Å². The van der Waals surface area contributed by atoms with Crippen LogP contribution in [0.4, 0.5) is 0 Å². The van der Waals surface area contributed by atoms with Crippen molar-refractivity contribution in [2.45, 2.75) is 38.5 Å². The first kappa shape index (κ1) is 31.8. The molecule has 0 fully saturated rings. The van der Waals surface area contributed by atoms with Crippen molar-refractivity contribution in [2.75, 3.05) is 0 Å². The summed E-state index contributed by atoms with van der Waals surface area (Å²) in [6.45, 7) is 9.61. The molecule has 250 valence electrons. The summed E-state index contributed by atoms with van der Waals surface area (Å²) in [4.78, 5) is 15.2. The van der Waals surface area contributed by atoms with Crippen molar-refractivity contribution in [3.8, 4) is 67.5 Å². The van der Waals surface area contributed by atoms with Gasteiger partial charge < -0.3 is 0 Å². The van der Waals surface area contributed by atoms with Gasteiger partial charge in [0, 0.05) is 16.7 Å². The van der Waals surface area contributed by atoms with Gasteiger partial charge in [-0.25, -0.2) is 15.0 Å². The van der Waals surface area contributed by atoms with Crippen LogP contribution in [0, 0.1) is 0 Å². The standard InChI is InChI=1S/C49H39N3/c1-48(2)42-26-16-25-39(32-17-8-5-9-18-32)44(42)40-28-27-35(31-43(40)49(48,3)4)37-29-36-23-14-15-24-38(36)41(30-37)47-51-45(33-19-10-6-11-20-33)50-46(52-47)34-21-12-7-13-22-34/h5-31H,1-4H3. The van der Waals surface area contributed by atoms with Crippen molar-refractivity contribution < 1.29 is 0 Å². The molecule has 1 aromatic heterocycles. The van der Waals surface area contributed by atoms with Crippen LogP contribution in [-0.4, -0.2) is 15.0 Å². The first-order valence-corrected chi connectivity index (χ1v) is 18.0. The summed E-state index contributed by atoms with van der Waals surface area (Å²) >= 11 is 0. The lowest BCUT2D eigenvalue weighted by molar-refractivity contribution is 0.299. The molecule has 0 amide bonds. The minimum absolute atomic E-state index is 0.111. The Morgan fingerprint density at radius 1 is 0.346 bits per heavy atom. The van der Waals surface area contributed by atoms with E-state index in [0.29, 0.717) is 17.5 Å². The molecule has 0 N–H and O–H groups in total. The summed E-state index contributed by atoms with van der Waals surface area (Å²) in [6.07, 6.45) is 0. The molecule has 7 aromatic carbocycles. The molecule has 8 aromatic rings. The van der Waals surface area contributed by atoms with Crippen LogP contribution in [0.5, 0.6) is 0 Å². The number of hydrogen-bond donors (Lipinski definition) is 0. The highest BCUT2D eigenvalue weighted by Crippen LogP contribution is 2.56. The highest BCUT2D eigenvalue weighted by atomic mass is 15.0. The van der Waals surface area contributed by atoms with Crippen molar-refractivity contribution in [3.05, 3.63) is 175 Å². The van der Waals surface area contributed by atoms with E-state index in [4.69, 9.17) is 15.0 Å². The largest absolute Gasteiger partial charge is 0.208 e. The van der Waals surface area contributed by atoms with Crippen molar-refractivity contribution >= 4 is 10.8 Å². The Morgan fingerprint density at radius 3 is 1.56 bits per heavy atom. The van der Waals surface area contributed by atoms with E-state index in [2.05, 4.69) is 155 Å². The fourth-order valence-electron chi connectivity index (χ4n) is 7.95. The predicted octanol–water partition coefficient (Wildman–Crippen LogP) is 12.6. The molecule has 0 unspecified atom stereocenters. The van der Waals surface area contributed by atoms with Gasteiger partial charge in [0.1, 0.15) is 0 Å². The Hall–Kier alpha value is -6.19. The molecule has 9 rings (SSSR count). The Kier molecular flexibility index (Phi) is 7.48. The highest BCUT2D eigenvalue weighted by molar-refractivity contribution is 5.99. The fourth-order valence-corrected chi connectivity index (χ4v) is 7.95. The third-order valence-corrected chi connectivity index (χ3v) is 11.5. The Balaban J connectivity index is 1.26. The van der Waals surface area contributed by atoms with Gasteiger partial charge in [0.05, 0.1) is 0 Å². The highest BCUT2D eigenvalue weighted by Gasteiger charge is 2.46. The number of fused-ring (bicyclic) bond motifs is 4. The average molecular weight is 670 g/mol. The molecule has 0 saturated heterocycles. The molecule has 0 spiro atoms. The molecule has 0 bridgehead atoms. The van der Waals surface area contributed by atoms with Gasteiger partial charge in [0.25, 0.3) is 0 Å². The van der Waals surface area contributed by atoms with Crippen LogP contribution < -0.4 is 0 Å². The van der Waals surface area contributed by atoms with E-state index in [1.807, 2.05) is 36.4 Å². The van der Waals surface area contributed by atoms with E-state index in [0.717, 1.165) is 33.0 Å². The third kappa shape index (κ3) is 5.15. The molecular formula is C49H39N3. The number of rotatable bonds is 5. The maximum Gasteiger partial charge on any atom is 0.164 e. The smallest absolute Gasteiger partial charge is 0.164 e. The summed E-state index contributed by atoms with van der Waals surface area (Å²) in [5.41, 5.74) is 12.9. The first-order chi connectivity index (χ1) is 25.3. The van der Waals surface area contributed by atoms with E-state index >= 15 is 0 Å². The van der Waals surface area contributed by atoms with Crippen LogP contribution >= 0.6 is 0 Å². The van der Waals surface area contributed by atoms with Crippen LogP contribution in [-0.2, 0) is 10.8 Å². The van der Waals surface area contributed by atoms with E-state index in [9.17, 15) is 0 Å². The lowest BCUT2D eigenvalue weighted by Crippen LogP contribution is -2.43. The van der Waals surface area contributed by atoms with E-state index in [-0.39, 0.29) is 10.8 Å². The van der Waals surface area contributed by atoms with Crippen molar-refractivity contribution in [1.82, 2.24) is 15.0 Å². The van der Waals surface area contributed by atoms with Crippen molar-refractivity contribution in [2.24, 2.45) is 0 Å². The quantitative estimate of drug-likeness (QED) is 0.183. The monoisotopic (exact) mass is 669 g/mol. The van der Waals surface area contributed by atoms with Crippen LogP contribution in [0.25, 0.3) is 78.3 Å². The maximum absolute atomic E-state index is 5.14. The second-order valence-corrected chi connectivity index (χ2v) is 14.9. The SMILES string of the molecule is CC1(C)c2cc(-c3cc(-c4nc(-c5ccccc5)nc(-c5ccccc5)n4)c4ccccc4c3)ccc2-c2c(-c3ccccc3)cccc2C1(C)C. The lowest BCUT2D eigenvalue weighted by atomic mass is 9.54. The molecule has 3 nitrogen and oxygen atoms in total. The Bertz CT molecular complexity index is 2550. The van der Waals surface area contributed by atoms with Gasteiger partial charge in [0.15, 0.2) is 17.5 Å². The molecule has 1 aliphatic carbocycles. The van der Waals surface area contributed by atoms with E-state index in [1.165, 1.54) is 38.9 Å². The Morgan fingerprint density at radius 2 is 0.904 bits per heavy atom. The molecule has 1 aliphatic rings. The van der Waals surface area contributed by atoms with Gasteiger partial charge in [0.2, 0.25) is 0 Å². The average Bonchev–Trinajstić information content (AvgIpc) is 3.20. The fraction of sp³-hybridized carbons (Fsp3) is 0.122. The number of benzene rings is 7. The lowest BCUT2D eigenvalue weighted by Gasteiger charge is -2.49. The summed E-state index contributed by atoms with van der Waals surface area (Å²) in [5.74, 6) is 1.97. The molecule has 52 heavy (non-hydrogen) atoms. The first-order valence-electron chi connectivity index (χ1n) is 18.0. The van der Waals surface area contributed by atoms with Gasteiger partial charge >= 0.3 is 0 Å². The van der Waals surface area contributed by atoms with Crippen LogP contribution in [0.1, 0.15) is 38.8 Å². The number of hydrogen-bond acceptors (Lipinski definition) is 3. The minimum atomic E-state index is -0.135. The van der Waals surface area contributed by atoms with Crippen LogP contribution in [0.3, 0.4) is 0 Å². The zero-order valence-corrected chi connectivity index (χ0v) is 29.9. The van der Waals surface area contributed by atoms with E-state index < -0.39 is 0 Å². The molecule has 0 atom stereocenters. The molecule has 0 aliphatic heterocycles. The molecule has 0 saturated carbocycles. The predicted molar refractivity (Wildman–Crippen MR) is 216 cm³/mol. The second kappa shape index (κ2) is 12.2. The van der Waals surface area contributed by atoms with Gasteiger partial charge in [-0.1, -0.05) is 173 Å². The topological polar surface area (TPSA) is 38.7 Å². The van der Waals surface area contributed by atoms with Crippen LogP contribution in [0.2, 0.25) is 0 Å². The molecule has 3 heteroatoms. The molecule has 1 heterocycles. The van der Waals surface area contributed by atoms with Crippen molar-refractivity contribution in [3.63, 3.8) is 0 Å². The third-order valence-electron chi connectivity index (χ3n) is 11.5. The normalized spacial score (nSPS) is 14.1. The minimum Gasteiger partial charge on any atom is -0.208 e. The van der Waals surface area contributed by atoms with Gasteiger partial charge in [-0.3, -0.25) is 0 Å².